The summed E-state index contributed by atoms with van der Waals surface area (Å²) in [6.07, 6.45) is 0.111. The predicted octanol–water partition coefficient (Wildman–Crippen LogP) is 5.36. The quantitative estimate of drug-likeness (QED) is 0.289. The molecule has 0 aliphatic carbocycles. The summed E-state index contributed by atoms with van der Waals surface area (Å²) in [7, 11) is 3.35. The molecule has 9 nitrogen and oxygen atoms in total. The number of nitrogens with one attached hydrogen (secondary N) is 2. The molecule has 0 fully saturated rings. The maximum Gasteiger partial charge on any atom is 0.407 e. The first-order valence-corrected chi connectivity index (χ1v) is 13.5. The van der Waals surface area contributed by atoms with Gasteiger partial charge in [0.05, 0.1) is 12.5 Å². The van der Waals surface area contributed by atoms with Crippen molar-refractivity contribution >= 4 is 17.9 Å². The second-order valence-electron chi connectivity index (χ2n) is 10.7. The molecule has 0 heterocycles. The topological polar surface area (TPSA) is 106 Å². The Hall–Kier alpha value is -4.37. The molecule has 0 aliphatic heterocycles. The van der Waals surface area contributed by atoms with Crippen molar-refractivity contribution in [3.63, 3.8) is 0 Å². The van der Waals surface area contributed by atoms with Gasteiger partial charge >= 0.3 is 6.09 Å². The number of hydrogen-bond donors (Lipinski definition) is 2. The molecule has 1 unspecified atom stereocenters. The Kier molecular flexibility index (Phi) is 11.3. The van der Waals surface area contributed by atoms with E-state index in [1.54, 1.807) is 59.1 Å². The zero-order valence-electron chi connectivity index (χ0n) is 24.3. The van der Waals surface area contributed by atoms with Crippen LogP contribution in [0.15, 0.2) is 78.9 Å². The van der Waals surface area contributed by atoms with Crippen molar-refractivity contribution in [3.05, 3.63) is 95.6 Å². The van der Waals surface area contributed by atoms with E-state index < -0.39 is 17.6 Å². The monoisotopic (exact) mass is 561 g/mol. The molecule has 0 radical (unpaired) electrons. The number of rotatable bonds is 12. The van der Waals surface area contributed by atoms with Crippen LogP contribution in [-0.2, 0) is 32.2 Å². The smallest absolute Gasteiger partial charge is 0.407 e. The molecule has 2 N–H and O–H groups in total. The van der Waals surface area contributed by atoms with E-state index in [4.69, 9.17) is 14.3 Å². The molecule has 0 spiro atoms. The number of amides is 3. The third-order valence-electron chi connectivity index (χ3n) is 5.96. The highest BCUT2D eigenvalue weighted by atomic mass is 16.6. The molecule has 3 amide bonds. The Morgan fingerprint density at radius 2 is 1.54 bits per heavy atom. The van der Waals surface area contributed by atoms with Gasteiger partial charge in [0.2, 0.25) is 11.8 Å². The summed E-state index contributed by atoms with van der Waals surface area (Å²) in [5, 5.41) is 2.70. The third-order valence-corrected chi connectivity index (χ3v) is 5.96. The van der Waals surface area contributed by atoms with Crippen molar-refractivity contribution in [1.29, 1.82) is 0 Å². The molecule has 0 bridgehead atoms. The van der Waals surface area contributed by atoms with Crippen molar-refractivity contribution in [3.8, 4) is 11.5 Å². The fourth-order valence-electron chi connectivity index (χ4n) is 3.94. The Morgan fingerprint density at radius 3 is 2.20 bits per heavy atom. The number of carbonyl (C=O) groups excluding carboxylic acids is 3. The van der Waals surface area contributed by atoms with Gasteiger partial charge in [-0.3, -0.25) is 14.4 Å². The first-order chi connectivity index (χ1) is 19.5. The van der Waals surface area contributed by atoms with Crippen molar-refractivity contribution in [2.75, 3.05) is 20.6 Å². The molecule has 3 aromatic carbocycles. The largest absolute Gasteiger partial charge is 0.457 e. The molecule has 9 heteroatoms. The fourth-order valence-corrected chi connectivity index (χ4v) is 3.94. The van der Waals surface area contributed by atoms with Crippen LogP contribution in [0.25, 0.3) is 0 Å². The predicted molar refractivity (Wildman–Crippen MR) is 156 cm³/mol. The highest BCUT2D eigenvalue weighted by Crippen LogP contribution is 2.28. The summed E-state index contributed by atoms with van der Waals surface area (Å²) in [5.74, 6) is 0.239. The number of para-hydroxylation sites is 1. The lowest BCUT2D eigenvalue weighted by Crippen LogP contribution is -2.39. The van der Waals surface area contributed by atoms with E-state index in [0.717, 1.165) is 16.7 Å². The molecule has 3 rings (SSSR count). The Bertz CT molecular complexity index is 1290. The van der Waals surface area contributed by atoms with Crippen LogP contribution in [0.3, 0.4) is 0 Å². The van der Waals surface area contributed by atoms with Crippen LogP contribution in [0.1, 0.15) is 49.8 Å². The molecule has 3 aromatic rings. The van der Waals surface area contributed by atoms with E-state index in [0.29, 0.717) is 24.5 Å². The highest BCUT2D eigenvalue weighted by molar-refractivity contribution is 5.84. The van der Waals surface area contributed by atoms with Gasteiger partial charge in [0, 0.05) is 27.1 Å². The maximum absolute atomic E-state index is 12.9. The molecule has 1 atom stereocenters. The van der Waals surface area contributed by atoms with Crippen LogP contribution in [-0.4, -0.2) is 49.0 Å². The fraction of sp³-hybridized carbons (Fsp3) is 0.344. The van der Waals surface area contributed by atoms with Gasteiger partial charge in [-0.2, -0.15) is 0 Å². The minimum atomic E-state index is -0.639. The van der Waals surface area contributed by atoms with Gasteiger partial charge in [-0.15, -0.1) is 0 Å². The van der Waals surface area contributed by atoms with Gasteiger partial charge in [-0.25, -0.2) is 10.3 Å². The van der Waals surface area contributed by atoms with E-state index in [9.17, 15) is 14.4 Å². The summed E-state index contributed by atoms with van der Waals surface area (Å²) < 4.78 is 11.4. The van der Waals surface area contributed by atoms with Gasteiger partial charge in [-0.1, -0.05) is 60.7 Å². The minimum Gasteiger partial charge on any atom is -0.457 e. The lowest BCUT2D eigenvalue weighted by atomic mass is 9.97. The molecule has 0 saturated carbocycles. The number of hydrogen-bond acceptors (Lipinski definition) is 6. The van der Waals surface area contributed by atoms with E-state index >= 15 is 0 Å². The van der Waals surface area contributed by atoms with Crippen LogP contribution in [0.4, 0.5) is 4.79 Å². The molecule has 0 saturated heterocycles. The van der Waals surface area contributed by atoms with Gasteiger partial charge in [0.1, 0.15) is 17.1 Å². The lowest BCUT2D eigenvalue weighted by molar-refractivity contribution is -0.134. The van der Waals surface area contributed by atoms with Crippen LogP contribution in [0, 0.1) is 0 Å². The van der Waals surface area contributed by atoms with E-state index in [2.05, 4.69) is 10.8 Å². The van der Waals surface area contributed by atoms with Gasteiger partial charge in [0.25, 0.3) is 0 Å². The number of ether oxygens (including phenoxy) is 2. The summed E-state index contributed by atoms with van der Waals surface area (Å²) in [4.78, 5) is 44.2. The first-order valence-electron chi connectivity index (χ1n) is 13.5. The van der Waals surface area contributed by atoms with Crippen molar-refractivity contribution in [2.24, 2.45) is 0 Å². The Labute approximate surface area is 241 Å². The maximum atomic E-state index is 12.9. The Balaban J connectivity index is 1.59. The summed E-state index contributed by atoms with van der Waals surface area (Å²) in [6, 6.07) is 24.3. The van der Waals surface area contributed by atoms with Gasteiger partial charge in [-0.05, 0) is 62.1 Å². The summed E-state index contributed by atoms with van der Waals surface area (Å²) >= 11 is 0. The number of alkyl carbamates (subject to hydrolysis) is 1. The van der Waals surface area contributed by atoms with E-state index in [1.165, 1.54) is 4.90 Å². The van der Waals surface area contributed by atoms with E-state index in [-0.39, 0.29) is 24.8 Å². The zero-order valence-corrected chi connectivity index (χ0v) is 24.3. The minimum absolute atomic E-state index is 0.0894. The molecular formula is C32H39N3O6. The first kappa shape index (κ1) is 31.2. The number of carbonyl (C=O) groups is 3. The van der Waals surface area contributed by atoms with Crippen LogP contribution in [0.5, 0.6) is 11.5 Å². The van der Waals surface area contributed by atoms with Crippen molar-refractivity contribution in [2.45, 2.75) is 51.7 Å². The number of likely N-dealkylation sites (N-methyl/N-ethyl adjacent to an activating group) is 1. The lowest BCUT2D eigenvalue weighted by Gasteiger charge is -2.23. The van der Waals surface area contributed by atoms with Gasteiger partial charge < -0.3 is 19.7 Å². The molecule has 0 aromatic heterocycles. The van der Waals surface area contributed by atoms with Crippen molar-refractivity contribution < 1.29 is 28.7 Å². The summed E-state index contributed by atoms with van der Waals surface area (Å²) in [5.41, 5.74) is 4.42. The highest BCUT2D eigenvalue weighted by Gasteiger charge is 2.25. The van der Waals surface area contributed by atoms with Gasteiger partial charge in [0.15, 0.2) is 0 Å². The number of aryl methyl sites for hydroxylation is 1. The molecule has 0 aliphatic rings. The van der Waals surface area contributed by atoms with Crippen LogP contribution in [0.2, 0.25) is 0 Å². The number of nitrogens with zero attached hydrogens (tertiary/aromatic N) is 1. The normalized spacial score (nSPS) is 11.7. The number of benzene rings is 3. The Morgan fingerprint density at radius 1 is 0.878 bits per heavy atom. The number of hydroxylamine groups is 1. The van der Waals surface area contributed by atoms with Crippen molar-refractivity contribution in [1.82, 2.24) is 15.7 Å². The average Bonchev–Trinajstić information content (AvgIpc) is 2.93. The third kappa shape index (κ3) is 10.6. The average molecular weight is 562 g/mol. The SMILES string of the molecule is CN(C)C(=O)C(CNC(=O)OC(C)(C)C)c1ccc(Oc2ccccc2CCC(=O)NOCc2ccccc2)cc1. The van der Waals surface area contributed by atoms with Crippen LogP contribution < -0.4 is 15.5 Å². The molecular weight excluding hydrogens is 522 g/mol. The molecule has 218 valence electrons. The summed E-state index contributed by atoms with van der Waals surface area (Å²) in [6.45, 7) is 5.72. The molecule has 41 heavy (non-hydrogen) atoms. The standard InChI is InChI=1S/C32H39N3O6/c1-32(2,3)41-31(38)33-21-27(30(37)35(4)5)24-15-18-26(19-16-24)40-28-14-10-9-13-25(28)17-20-29(36)34-39-22-23-11-7-6-8-12-23/h6-16,18-19,27H,17,20-22H2,1-5H3,(H,33,38)(H,34,36). The second-order valence-corrected chi connectivity index (χ2v) is 10.7. The van der Waals surface area contributed by atoms with Crippen LogP contribution >= 0.6 is 0 Å². The van der Waals surface area contributed by atoms with E-state index in [1.807, 2.05) is 54.6 Å². The zero-order chi connectivity index (χ0) is 29.8. The second kappa shape index (κ2) is 14.9.